The van der Waals surface area contributed by atoms with Gasteiger partial charge < -0.3 is 5.32 Å². The first-order valence-electron chi connectivity index (χ1n) is 6.98. The van der Waals surface area contributed by atoms with Crippen LogP contribution in [0.4, 0.5) is 0 Å². The van der Waals surface area contributed by atoms with E-state index >= 15 is 0 Å². The van der Waals surface area contributed by atoms with Crippen LogP contribution in [0.5, 0.6) is 0 Å². The highest BCUT2D eigenvalue weighted by Crippen LogP contribution is 2.22. The predicted molar refractivity (Wildman–Crippen MR) is 80.3 cm³/mol. The first kappa shape index (κ1) is 13.8. The van der Waals surface area contributed by atoms with Gasteiger partial charge in [0.1, 0.15) is 0 Å². The van der Waals surface area contributed by atoms with Crippen LogP contribution in [0.1, 0.15) is 42.1 Å². The lowest BCUT2D eigenvalue weighted by Gasteiger charge is -2.19. The van der Waals surface area contributed by atoms with E-state index < -0.39 is 0 Å². The van der Waals surface area contributed by atoms with Crippen LogP contribution in [-0.4, -0.2) is 11.5 Å². The number of aryl methyl sites for hydroxylation is 2. The maximum absolute atomic E-state index is 4.31. The highest BCUT2D eigenvalue weighted by molar-refractivity contribution is 5.33. The summed E-state index contributed by atoms with van der Waals surface area (Å²) in [4.78, 5) is 4.31. The minimum absolute atomic E-state index is 0.225. The van der Waals surface area contributed by atoms with E-state index in [1.54, 1.807) is 0 Å². The number of hydrogen-bond donors (Lipinski definition) is 1. The summed E-state index contributed by atoms with van der Waals surface area (Å²) in [5.41, 5.74) is 5.10. The van der Waals surface area contributed by atoms with Crippen molar-refractivity contribution in [3.8, 4) is 0 Å². The number of hydrogen-bond acceptors (Lipinski definition) is 2. The fraction of sp³-hybridized carbons (Fsp3) is 0.353. The summed E-state index contributed by atoms with van der Waals surface area (Å²) in [6.07, 6.45) is 4.93. The van der Waals surface area contributed by atoms with Crippen LogP contribution in [0.25, 0.3) is 0 Å². The monoisotopic (exact) mass is 254 g/mol. The topological polar surface area (TPSA) is 24.9 Å². The van der Waals surface area contributed by atoms with Crippen molar-refractivity contribution in [1.82, 2.24) is 10.3 Å². The zero-order valence-electron chi connectivity index (χ0n) is 12.0. The second-order valence-corrected chi connectivity index (χ2v) is 4.88. The van der Waals surface area contributed by atoms with E-state index in [1.807, 2.05) is 12.4 Å². The molecule has 1 unspecified atom stereocenters. The number of rotatable bonds is 5. The molecule has 0 amide bonds. The number of pyridine rings is 1. The van der Waals surface area contributed by atoms with E-state index in [0.29, 0.717) is 0 Å². The summed E-state index contributed by atoms with van der Waals surface area (Å²) in [5, 5.41) is 3.54. The van der Waals surface area contributed by atoms with Gasteiger partial charge in [-0.3, -0.25) is 4.98 Å². The molecular weight excluding hydrogens is 232 g/mol. The van der Waals surface area contributed by atoms with Crippen molar-refractivity contribution in [2.75, 3.05) is 6.54 Å². The third-order valence-electron chi connectivity index (χ3n) is 3.36. The van der Waals surface area contributed by atoms with Crippen molar-refractivity contribution in [3.63, 3.8) is 0 Å². The zero-order chi connectivity index (χ0) is 13.7. The second-order valence-electron chi connectivity index (χ2n) is 4.88. The predicted octanol–water partition coefficient (Wildman–Crippen LogP) is 3.65. The van der Waals surface area contributed by atoms with Gasteiger partial charge in [-0.05, 0) is 42.1 Å². The van der Waals surface area contributed by atoms with Crippen LogP contribution in [0.2, 0.25) is 0 Å². The molecule has 1 aromatic heterocycles. The molecule has 2 aromatic rings. The number of nitrogens with one attached hydrogen (secondary N) is 1. The summed E-state index contributed by atoms with van der Waals surface area (Å²) in [7, 11) is 0. The standard InChI is InChI=1S/C17H22N2/c1-4-14-6-8-15(9-7-14)17(19-5-2)16-10-13(3)11-18-12-16/h6-12,17,19H,4-5H2,1-3H3. The van der Waals surface area contributed by atoms with Crippen molar-refractivity contribution < 1.29 is 0 Å². The molecule has 1 N–H and O–H groups in total. The lowest BCUT2D eigenvalue weighted by atomic mass is 9.97. The quantitative estimate of drug-likeness (QED) is 0.881. The molecule has 1 heterocycles. The van der Waals surface area contributed by atoms with Crippen molar-refractivity contribution in [2.45, 2.75) is 33.2 Å². The lowest BCUT2D eigenvalue weighted by Crippen LogP contribution is -2.22. The van der Waals surface area contributed by atoms with Crippen LogP contribution >= 0.6 is 0 Å². The van der Waals surface area contributed by atoms with E-state index in [4.69, 9.17) is 0 Å². The Labute approximate surface area is 115 Å². The van der Waals surface area contributed by atoms with Gasteiger partial charge in [0.05, 0.1) is 6.04 Å². The Morgan fingerprint density at radius 1 is 1.05 bits per heavy atom. The van der Waals surface area contributed by atoms with Crippen LogP contribution < -0.4 is 5.32 Å². The van der Waals surface area contributed by atoms with Gasteiger partial charge in [-0.2, -0.15) is 0 Å². The van der Waals surface area contributed by atoms with Crippen LogP contribution in [-0.2, 0) is 6.42 Å². The zero-order valence-corrected chi connectivity index (χ0v) is 12.0. The molecule has 19 heavy (non-hydrogen) atoms. The van der Waals surface area contributed by atoms with Gasteiger partial charge in [0.15, 0.2) is 0 Å². The average Bonchev–Trinajstić information content (AvgIpc) is 2.45. The summed E-state index contributed by atoms with van der Waals surface area (Å²) in [6, 6.07) is 11.3. The Morgan fingerprint density at radius 3 is 2.37 bits per heavy atom. The third kappa shape index (κ3) is 3.42. The molecule has 2 rings (SSSR count). The molecule has 2 nitrogen and oxygen atoms in total. The first-order valence-corrected chi connectivity index (χ1v) is 6.98. The Balaban J connectivity index is 2.33. The molecule has 0 bridgehead atoms. The second kappa shape index (κ2) is 6.48. The summed E-state index contributed by atoms with van der Waals surface area (Å²) in [5.74, 6) is 0. The fourth-order valence-electron chi connectivity index (χ4n) is 2.31. The average molecular weight is 254 g/mol. The Morgan fingerprint density at radius 2 is 1.79 bits per heavy atom. The molecular formula is C17H22N2. The van der Waals surface area contributed by atoms with Crippen LogP contribution in [0.3, 0.4) is 0 Å². The van der Waals surface area contributed by atoms with Gasteiger partial charge in [-0.25, -0.2) is 0 Å². The third-order valence-corrected chi connectivity index (χ3v) is 3.36. The van der Waals surface area contributed by atoms with Crippen molar-refractivity contribution in [1.29, 1.82) is 0 Å². The fourth-order valence-corrected chi connectivity index (χ4v) is 2.31. The molecule has 1 atom stereocenters. The van der Waals surface area contributed by atoms with Crippen LogP contribution in [0, 0.1) is 6.92 Å². The Bertz CT molecular complexity index is 517. The maximum atomic E-state index is 4.31. The SMILES string of the molecule is CCNC(c1ccc(CC)cc1)c1cncc(C)c1. The Hall–Kier alpha value is -1.67. The Kier molecular flexibility index (Phi) is 4.69. The molecule has 0 spiro atoms. The van der Waals surface area contributed by atoms with E-state index in [-0.39, 0.29) is 6.04 Å². The first-order chi connectivity index (χ1) is 9.24. The molecule has 0 aliphatic heterocycles. The van der Waals surface area contributed by atoms with Gasteiger partial charge in [0, 0.05) is 12.4 Å². The van der Waals surface area contributed by atoms with Gasteiger partial charge in [-0.15, -0.1) is 0 Å². The van der Waals surface area contributed by atoms with Crippen LogP contribution in [0.15, 0.2) is 42.7 Å². The van der Waals surface area contributed by atoms with Gasteiger partial charge in [0.25, 0.3) is 0 Å². The highest BCUT2D eigenvalue weighted by atomic mass is 14.9. The van der Waals surface area contributed by atoms with E-state index in [1.165, 1.54) is 22.3 Å². The number of benzene rings is 1. The molecule has 1 aromatic carbocycles. The van der Waals surface area contributed by atoms with E-state index in [9.17, 15) is 0 Å². The molecule has 0 fully saturated rings. The van der Waals surface area contributed by atoms with E-state index in [2.05, 4.69) is 61.4 Å². The molecule has 0 aliphatic carbocycles. The molecule has 0 saturated heterocycles. The molecule has 0 radical (unpaired) electrons. The number of aromatic nitrogens is 1. The summed E-state index contributed by atoms with van der Waals surface area (Å²) >= 11 is 0. The minimum atomic E-state index is 0.225. The van der Waals surface area contributed by atoms with Crippen molar-refractivity contribution in [3.05, 3.63) is 65.0 Å². The molecule has 2 heteroatoms. The molecule has 0 saturated carbocycles. The normalized spacial score (nSPS) is 12.4. The van der Waals surface area contributed by atoms with Gasteiger partial charge in [-0.1, -0.05) is 44.2 Å². The molecule has 100 valence electrons. The van der Waals surface area contributed by atoms with E-state index in [0.717, 1.165) is 13.0 Å². The largest absolute Gasteiger partial charge is 0.306 e. The summed E-state index contributed by atoms with van der Waals surface area (Å²) < 4.78 is 0. The van der Waals surface area contributed by atoms with Crippen molar-refractivity contribution in [2.24, 2.45) is 0 Å². The highest BCUT2D eigenvalue weighted by Gasteiger charge is 2.13. The maximum Gasteiger partial charge on any atom is 0.0591 e. The summed E-state index contributed by atoms with van der Waals surface area (Å²) in [6.45, 7) is 7.34. The molecule has 0 aliphatic rings. The minimum Gasteiger partial charge on any atom is -0.306 e. The van der Waals surface area contributed by atoms with Gasteiger partial charge in [0.2, 0.25) is 0 Å². The van der Waals surface area contributed by atoms with Gasteiger partial charge >= 0.3 is 0 Å². The number of nitrogens with zero attached hydrogens (tertiary/aromatic N) is 1. The lowest BCUT2D eigenvalue weighted by molar-refractivity contribution is 0.628. The van der Waals surface area contributed by atoms with Crippen molar-refractivity contribution >= 4 is 0 Å². The smallest absolute Gasteiger partial charge is 0.0591 e.